The fourth-order valence-corrected chi connectivity index (χ4v) is 3.91. The van der Waals surface area contributed by atoms with Crippen molar-refractivity contribution in [3.63, 3.8) is 0 Å². The van der Waals surface area contributed by atoms with Crippen molar-refractivity contribution in [2.45, 2.75) is 19.8 Å². The number of anilines is 1. The Hall–Kier alpha value is -2.68. The van der Waals surface area contributed by atoms with E-state index in [-0.39, 0.29) is 35.6 Å². The number of nitrogens with zero attached hydrogens (tertiary/aromatic N) is 4. The number of hydrogen-bond acceptors (Lipinski definition) is 7. The molecule has 2 saturated heterocycles. The van der Waals surface area contributed by atoms with Gasteiger partial charge in [-0.25, -0.2) is 0 Å². The SMILES string of the molecule is CCOC(=O)C1CCCN(C(=O)c2ccc(N3CCN(C)CC3)c([N+](=O)[O-])c2)C1. The van der Waals surface area contributed by atoms with E-state index in [9.17, 15) is 19.7 Å². The molecule has 1 aromatic rings. The van der Waals surface area contributed by atoms with Crippen LogP contribution in [0.4, 0.5) is 11.4 Å². The van der Waals surface area contributed by atoms with Crippen LogP contribution < -0.4 is 4.90 Å². The molecule has 0 N–H and O–H groups in total. The number of carbonyl (C=O) groups excluding carboxylic acids is 2. The largest absolute Gasteiger partial charge is 0.466 e. The van der Waals surface area contributed by atoms with Gasteiger partial charge in [-0.2, -0.15) is 0 Å². The summed E-state index contributed by atoms with van der Waals surface area (Å²) in [6.07, 6.45) is 1.39. The Kier molecular flexibility index (Phi) is 6.68. The molecule has 0 aliphatic carbocycles. The van der Waals surface area contributed by atoms with Crippen molar-refractivity contribution in [2.24, 2.45) is 5.92 Å². The predicted octanol–water partition coefficient (Wildman–Crippen LogP) is 1.76. The molecule has 9 nitrogen and oxygen atoms in total. The number of rotatable bonds is 5. The summed E-state index contributed by atoms with van der Waals surface area (Å²) in [6, 6.07) is 4.68. The van der Waals surface area contributed by atoms with Crippen LogP contribution in [0, 0.1) is 16.0 Å². The first kappa shape index (κ1) is 21.0. The summed E-state index contributed by atoms with van der Waals surface area (Å²) in [4.78, 5) is 42.0. The molecule has 0 aromatic heterocycles. The minimum Gasteiger partial charge on any atom is -0.466 e. The number of carbonyl (C=O) groups is 2. The van der Waals surface area contributed by atoms with Crippen LogP contribution in [0.3, 0.4) is 0 Å². The van der Waals surface area contributed by atoms with E-state index in [2.05, 4.69) is 4.90 Å². The van der Waals surface area contributed by atoms with Gasteiger partial charge in [0.2, 0.25) is 0 Å². The summed E-state index contributed by atoms with van der Waals surface area (Å²) < 4.78 is 5.08. The van der Waals surface area contributed by atoms with Gasteiger partial charge in [0.05, 0.1) is 17.4 Å². The van der Waals surface area contributed by atoms with Crippen molar-refractivity contribution in [1.82, 2.24) is 9.80 Å². The van der Waals surface area contributed by atoms with Gasteiger partial charge < -0.3 is 19.4 Å². The topological polar surface area (TPSA) is 96.2 Å². The molecule has 1 amide bonds. The van der Waals surface area contributed by atoms with E-state index >= 15 is 0 Å². The number of benzene rings is 1. The lowest BCUT2D eigenvalue weighted by atomic mass is 9.97. The fraction of sp³-hybridized carbons (Fsp3) is 0.600. The summed E-state index contributed by atoms with van der Waals surface area (Å²) in [5, 5.41) is 11.7. The van der Waals surface area contributed by atoms with Crippen molar-refractivity contribution in [3.8, 4) is 0 Å². The number of ether oxygens (including phenoxy) is 1. The van der Waals surface area contributed by atoms with Gasteiger partial charge in [0.1, 0.15) is 5.69 Å². The third-order valence-electron chi connectivity index (χ3n) is 5.59. The van der Waals surface area contributed by atoms with Gasteiger partial charge in [-0.3, -0.25) is 19.7 Å². The number of piperazine rings is 1. The van der Waals surface area contributed by atoms with E-state index in [0.29, 0.717) is 44.8 Å². The lowest BCUT2D eigenvalue weighted by Gasteiger charge is -2.34. The van der Waals surface area contributed by atoms with Gasteiger partial charge in [-0.15, -0.1) is 0 Å². The molecule has 0 saturated carbocycles. The van der Waals surface area contributed by atoms with Crippen molar-refractivity contribution in [1.29, 1.82) is 0 Å². The van der Waals surface area contributed by atoms with Crippen molar-refractivity contribution in [2.75, 3.05) is 57.8 Å². The Balaban J connectivity index is 1.78. The number of hydrogen-bond donors (Lipinski definition) is 0. The van der Waals surface area contributed by atoms with E-state index < -0.39 is 4.92 Å². The number of piperidine rings is 1. The smallest absolute Gasteiger partial charge is 0.310 e. The summed E-state index contributed by atoms with van der Waals surface area (Å²) in [7, 11) is 2.02. The van der Waals surface area contributed by atoms with Crippen LogP contribution in [0.1, 0.15) is 30.1 Å². The van der Waals surface area contributed by atoms with Crippen LogP contribution in [-0.4, -0.2) is 79.5 Å². The van der Waals surface area contributed by atoms with Crippen LogP contribution in [-0.2, 0) is 9.53 Å². The second kappa shape index (κ2) is 9.21. The predicted molar refractivity (Wildman–Crippen MR) is 108 cm³/mol. The van der Waals surface area contributed by atoms with Gasteiger partial charge in [0.25, 0.3) is 11.6 Å². The van der Waals surface area contributed by atoms with Gasteiger partial charge in [0.15, 0.2) is 0 Å². The maximum atomic E-state index is 13.0. The fourth-order valence-electron chi connectivity index (χ4n) is 3.91. The zero-order valence-electron chi connectivity index (χ0n) is 17.0. The molecule has 3 rings (SSSR count). The van der Waals surface area contributed by atoms with E-state index in [1.165, 1.54) is 6.07 Å². The van der Waals surface area contributed by atoms with E-state index in [4.69, 9.17) is 4.74 Å². The molecular weight excluding hydrogens is 376 g/mol. The van der Waals surface area contributed by atoms with E-state index in [1.54, 1.807) is 24.0 Å². The zero-order chi connectivity index (χ0) is 21.0. The number of nitro groups is 1. The Morgan fingerprint density at radius 3 is 2.59 bits per heavy atom. The lowest BCUT2D eigenvalue weighted by molar-refractivity contribution is -0.384. The highest BCUT2D eigenvalue weighted by atomic mass is 16.6. The van der Waals surface area contributed by atoms with Crippen molar-refractivity contribution < 1.29 is 19.2 Å². The molecule has 158 valence electrons. The normalized spacial score (nSPS) is 20.4. The highest BCUT2D eigenvalue weighted by Crippen LogP contribution is 2.31. The maximum Gasteiger partial charge on any atom is 0.310 e. The number of likely N-dealkylation sites (N-methyl/N-ethyl adjacent to an activating group) is 1. The molecule has 2 heterocycles. The van der Waals surface area contributed by atoms with Crippen molar-refractivity contribution >= 4 is 23.3 Å². The van der Waals surface area contributed by atoms with Crippen LogP contribution >= 0.6 is 0 Å². The molecular formula is C20H28N4O5. The first-order chi connectivity index (χ1) is 13.9. The van der Waals surface area contributed by atoms with E-state index in [1.807, 2.05) is 11.9 Å². The highest BCUT2D eigenvalue weighted by molar-refractivity contribution is 5.96. The van der Waals surface area contributed by atoms with Crippen molar-refractivity contribution in [3.05, 3.63) is 33.9 Å². The highest BCUT2D eigenvalue weighted by Gasteiger charge is 2.31. The molecule has 2 aliphatic heterocycles. The Morgan fingerprint density at radius 2 is 1.93 bits per heavy atom. The van der Waals surface area contributed by atoms with E-state index in [0.717, 1.165) is 13.1 Å². The Bertz CT molecular complexity index is 776. The third kappa shape index (κ3) is 4.84. The second-order valence-corrected chi connectivity index (χ2v) is 7.59. The third-order valence-corrected chi connectivity index (χ3v) is 5.59. The van der Waals surface area contributed by atoms with Gasteiger partial charge in [-0.05, 0) is 38.9 Å². The van der Waals surface area contributed by atoms with Gasteiger partial charge >= 0.3 is 5.97 Å². The lowest BCUT2D eigenvalue weighted by Crippen LogP contribution is -2.44. The maximum absolute atomic E-state index is 13.0. The van der Waals surface area contributed by atoms with Crippen LogP contribution in [0.15, 0.2) is 18.2 Å². The summed E-state index contributed by atoms with van der Waals surface area (Å²) in [6.45, 7) is 5.96. The average Bonchev–Trinajstić information content (AvgIpc) is 2.73. The Labute approximate surface area is 170 Å². The summed E-state index contributed by atoms with van der Waals surface area (Å²) in [5.74, 6) is -0.916. The number of esters is 1. The second-order valence-electron chi connectivity index (χ2n) is 7.59. The van der Waals surface area contributed by atoms with Gasteiger partial charge in [-0.1, -0.05) is 0 Å². The van der Waals surface area contributed by atoms with Crippen LogP contribution in [0.2, 0.25) is 0 Å². The van der Waals surface area contributed by atoms with Gasteiger partial charge in [0, 0.05) is 50.9 Å². The number of amides is 1. The molecule has 0 radical (unpaired) electrons. The first-order valence-electron chi connectivity index (χ1n) is 10.1. The molecule has 2 fully saturated rings. The van der Waals surface area contributed by atoms with Crippen LogP contribution in [0.5, 0.6) is 0 Å². The molecule has 0 bridgehead atoms. The molecule has 1 atom stereocenters. The quantitative estimate of drug-likeness (QED) is 0.419. The number of likely N-dealkylation sites (tertiary alicyclic amines) is 1. The standard InChI is InChI=1S/C20H28N4O5/c1-3-29-20(26)16-5-4-8-23(14-16)19(25)15-6-7-17(18(13-15)24(27)28)22-11-9-21(2)10-12-22/h6-7,13,16H,3-5,8-12,14H2,1-2H3. The summed E-state index contributed by atoms with van der Waals surface area (Å²) in [5.41, 5.74) is 0.765. The minimum absolute atomic E-state index is 0.0562. The minimum atomic E-state index is -0.429. The number of nitro benzene ring substituents is 1. The first-order valence-corrected chi connectivity index (χ1v) is 10.1. The Morgan fingerprint density at radius 1 is 1.21 bits per heavy atom. The molecule has 1 aromatic carbocycles. The molecule has 2 aliphatic rings. The monoisotopic (exact) mass is 404 g/mol. The zero-order valence-corrected chi connectivity index (χ0v) is 17.0. The summed E-state index contributed by atoms with van der Waals surface area (Å²) >= 11 is 0. The molecule has 9 heteroatoms. The molecule has 0 spiro atoms. The van der Waals surface area contributed by atoms with Crippen LogP contribution in [0.25, 0.3) is 0 Å². The molecule has 1 unspecified atom stereocenters. The average molecular weight is 404 g/mol. The molecule has 29 heavy (non-hydrogen) atoms.